The minimum Gasteiger partial charge on any atom is -0.543 e. The highest BCUT2D eigenvalue weighted by atomic mass is 16.4. The third-order valence-electron chi connectivity index (χ3n) is 4.82. The van der Waals surface area contributed by atoms with E-state index < -0.39 is 5.97 Å². The Morgan fingerprint density at radius 1 is 1.41 bits per heavy atom. The number of carboxylic acid groups (broad SMARTS) is 1. The predicted molar refractivity (Wildman–Crippen MR) is 81.7 cm³/mol. The number of quaternary nitrogens is 1. The monoisotopic (exact) mass is 301 g/mol. The van der Waals surface area contributed by atoms with E-state index in [1.54, 1.807) is 0 Å². The third-order valence-corrected chi connectivity index (χ3v) is 4.82. The second kappa shape index (κ2) is 6.08. The normalized spacial score (nSPS) is 17.7. The van der Waals surface area contributed by atoms with E-state index in [1.165, 1.54) is 37.0 Å². The van der Waals surface area contributed by atoms with Crippen LogP contribution < -0.4 is 10.0 Å². The highest BCUT2D eigenvalue weighted by Crippen LogP contribution is 2.17. The zero-order valence-electron chi connectivity index (χ0n) is 13.3. The number of carboxylic acids is 1. The molecular formula is C17H23N3O2. The molecule has 0 amide bonds. The van der Waals surface area contributed by atoms with Gasteiger partial charge in [-0.2, -0.15) is 0 Å². The first-order valence-electron chi connectivity index (χ1n) is 8.07. The molecule has 0 aliphatic heterocycles. The molecule has 22 heavy (non-hydrogen) atoms. The number of carbonyl (C=O) groups excluding carboxylic acids is 1. The smallest absolute Gasteiger partial charge is 0.138 e. The Kier molecular flexibility index (Phi) is 4.16. The van der Waals surface area contributed by atoms with E-state index >= 15 is 0 Å². The number of aromatic nitrogens is 2. The van der Waals surface area contributed by atoms with Crippen molar-refractivity contribution < 1.29 is 14.8 Å². The standard InChI is InChI=1S/C17H23N3O2/c1-12-8-9-20-14(16(17(21)22)18-15(20)10-12)11-19(2)13-6-4-3-5-7-13/h8-10,13H,3-7,11H2,1-2H3,(H,21,22). The number of pyridine rings is 1. The average molecular weight is 301 g/mol. The van der Waals surface area contributed by atoms with Gasteiger partial charge < -0.3 is 14.8 Å². The van der Waals surface area contributed by atoms with Crippen LogP contribution in [0.3, 0.4) is 0 Å². The molecule has 1 fully saturated rings. The molecule has 5 heteroatoms. The van der Waals surface area contributed by atoms with Crippen molar-refractivity contribution in [2.24, 2.45) is 0 Å². The second-order valence-corrected chi connectivity index (χ2v) is 6.48. The molecule has 2 aromatic rings. The van der Waals surface area contributed by atoms with E-state index in [2.05, 4.69) is 12.0 Å². The molecule has 1 N–H and O–H groups in total. The van der Waals surface area contributed by atoms with Crippen LogP contribution in [0.25, 0.3) is 5.65 Å². The van der Waals surface area contributed by atoms with Crippen molar-refractivity contribution in [3.8, 4) is 0 Å². The van der Waals surface area contributed by atoms with Gasteiger partial charge in [-0.1, -0.05) is 6.42 Å². The zero-order chi connectivity index (χ0) is 15.7. The van der Waals surface area contributed by atoms with Gasteiger partial charge in [0.1, 0.15) is 23.6 Å². The van der Waals surface area contributed by atoms with Crippen molar-refractivity contribution in [2.75, 3.05) is 7.05 Å². The first-order valence-corrected chi connectivity index (χ1v) is 8.07. The van der Waals surface area contributed by atoms with Crippen LogP contribution in [-0.2, 0) is 6.54 Å². The number of aryl methyl sites for hydroxylation is 1. The van der Waals surface area contributed by atoms with Gasteiger partial charge in [0.05, 0.1) is 19.1 Å². The molecule has 1 unspecified atom stereocenters. The first-order chi connectivity index (χ1) is 10.6. The molecule has 3 rings (SSSR count). The highest BCUT2D eigenvalue weighted by Gasteiger charge is 2.24. The van der Waals surface area contributed by atoms with Crippen molar-refractivity contribution in [1.29, 1.82) is 0 Å². The largest absolute Gasteiger partial charge is 0.543 e. The molecule has 118 valence electrons. The van der Waals surface area contributed by atoms with Crippen molar-refractivity contribution in [3.63, 3.8) is 0 Å². The lowest BCUT2D eigenvalue weighted by Crippen LogP contribution is -3.11. The summed E-state index contributed by atoms with van der Waals surface area (Å²) >= 11 is 0. The molecule has 0 saturated heterocycles. The summed E-state index contributed by atoms with van der Waals surface area (Å²) < 4.78 is 1.89. The van der Waals surface area contributed by atoms with E-state index in [0.29, 0.717) is 18.2 Å². The minimum absolute atomic E-state index is 0.0840. The Balaban J connectivity index is 1.94. The Morgan fingerprint density at radius 2 is 2.14 bits per heavy atom. The number of carbonyl (C=O) groups is 1. The number of rotatable bonds is 4. The number of hydrogen-bond acceptors (Lipinski definition) is 3. The maximum absolute atomic E-state index is 11.4. The summed E-state index contributed by atoms with van der Waals surface area (Å²) in [5, 5.41) is 11.4. The van der Waals surface area contributed by atoms with Crippen LogP contribution in [0.15, 0.2) is 18.3 Å². The molecule has 0 aromatic carbocycles. The van der Waals surface area contributed by atoms with E-state index in [-0.39, 0.29) is 5.69 Å². The van der Waals surface area contributed by atoms with E-state index in [9.17, 15) is 9.90 Å². The Morgan fingerprint density at radius 3 is 2.82 bits per heavy atom. The van der Waals surface area contributed by atoms with Crippen LogP contribution in [-0.4, -0.2) is 28.4 Å². The fourth-order valence-electron chi connectivity index (χ4n) is 3.53. The van der Waals surface area contributed by atoms with Gasteiger partial charge in [0.2, 0.25) is 0 Å². The molecular weight excluding hydrogens is 278 g/mol. The van der Waals surface area contributed by atoms with Crippen molar-refractivity contribution >= 4 is 11.6 Å². The lowest BCUT2D eigenvalue weighted by Gasteiger charge is -2.28. The highest BCUT2D eigenvalue weighted by molar-refractivity contribution is 5.86. The zero-order valence-corrected chi connectivity index (χ0v) is 13.3. The number of nitrogens with one attached hydrogen (secondary N) is 1. The number of aromatic carboxylic acids is 1. The second-order valence-electron chi connectivity index (χ2n) is 6.48. The van der Waals surface area contributed by atoms with Gasteiger partial charge in [-0.15, -0.1) is 0 Å². The van der Waals surface area contributed by atoms with Gasteiger partial charge in [-0.25, -0.2) is 4.98 Å². The molecule has 2 heterocycles. The Hall–Kier alpha value is -1.88. The van der Waals surface area contributed by atoms with E-state index in [0.717, 1.165) is 11.3 Å². The lowest BCUT2D eigenvalue weighted by atomic mass is 9.94. The summed E-state index contributed by atoms with van der Waals surface area (Å²) in [5.41, 5.74) is 2.59. The maximum atomic E-state index is 11.4. The van der Waals surface area contributed by atoms with Crippen molar-refractivity contribution in [2.45, 2.75) is 51.6 Å². The predicted octanol–water partition coefficient (Wildman–Crippen LogP) is 0.354. The van der Waals surface area contributed by atoms with Crippen LogP contribution >= 0.6 is 0 Å². The summed E-state index contributed by atoms with van der Waals surface area (Å²) in [6, 6.07) is 4.50. The van der Waals surface area contributed by atoms with Crippen molar-refractivity contribution in [3.05, 3.63) is 35.3 Å². The summed E-state index contributed by atoms with van der Waals surface area (Å²) in [5.74, 6) is -1.19. The summed E-state index contributed by atoms with van der Waals surface area (Å²) in [4.78, 5) is 17.1. The quantitative estimate of drug-likeness (QED) is 0.886. The lowest BCUT2D eigenvalue weighted by molar-refractivity contribution is -0.921. The topological polar surface area (TPSA) is 61.9 Å². The fraction of sp³-hybridized carbons (Fsp3) is 0.529. The minimum atomic E-state index is -1.19. The SMILES string of the molecule is Cc1ccn2c(C[NH+](C)C3CCCCC3)c(C(=O)[O-])nc2c1. The summed E-state index contributed by atoms with van der Waals surface area (Å²) in [6.07, 6.45) is 8.24. The molecule has 5 nitrogen and oxygen atoms in total. The van der Waals surface area contributed by atoms with Gasteiger partial charge in [-0.05, 0) is 50.3 Å². The van der Waals surface area contributed by atoms with Crippen LogP contribution in [0.4, 0.5) is 0 Å². The number of nitrogens with zero attached hydrogens (tertiary/aromatic N) is 2. The molecule has 0 spiro atoms. The number of fused-ring (bicyclic) bond motifs is 1. The van der Waals surface area contributed by atoms with Gasteiger partial charge in [0, 0.05) is 6.20 Å². The van der Waals surface area contributed by atoms with Crippen LogP contribution in [0.2, 0.25) is 0 Å². The molecule has 1 atom stereocenters. The summed E-state index contributed by atoms with van der Waals surface area (Å²) in [6.45, 7) is 2.64. The average Bonchev–Trinajstić information content (AvgIpc) is 2.86. The fourth-order valence-corrected chi connectivity index (χ4v) is 3.53. The van der Waals surface area contributed by atoms with Gasteiger partial charge in [0.15, 0.2) is 0 Å². The molecule has 0 radical (unpaired) electrons. The molecule has 1 aliphatic rings. The molecule has 2 aromatic heterocycles. The summed E-state index contributed by atoms with van der Waals surface area (Å²) in [7, 11) is 2.16. The van der Waals surface area contributed by atoms with Crippen LogP contribution in [0.1, 0.15) is 53.8 Å². The van der Waals surface area contributed by atoms with E-state index in [4.69, 9.17) is 0 Å². The van der Waals surface area contributed by atoms with Crippen molar-refractivity contribution in [1.82, 2.24) is 9.38 Å². The van der Waals surface area contributed by atoms with E-state index in [1.807, 2.05) is 29.7 Å². The first kappa shape index (κ1) is 15.0. The molecule has 1 aliphatic carbocycles. The van der Waals surface area contributed by atoms with Gasteiger partial charge in [0.25, 0.3) is 0 Å². The van der Waals surface area contributed by atoms with Gasteiger partial charge >= 0.3 is 0 Å². The van der Waals surface area contributed by atoms with Crippen LogP contribution in [0, 0.1) is 6.92 Å². The molecule has 0 bridgehead atoms. The van der Waals surface area contributed by atoms with Gasteiger partial charge in [-0.3, -0.25) is 4.40 Å². The van der Waals surface area contributed by atoms with Crippen LogP contribution in [0.5, 0.6) is 0 Å². The Labute approximate surface area is 130 Å². The Bertz CT molecular complexity index is 687. The maximum Gasteiger partial charge on any atom is 0.138 e. The number of imidazole rings is 1. The molecule has 1 saturated carbocycles. The third kappa shape index (κ3) is 2.86. The number of hydrogen-bond donors (Lipinski definition) is 1.